The molecule has 0 radical (unpaired) electrons. The van der Waals surface area contributed by atoms with Crippen molar-refractivity contribution in [2.24, 2.45) is 5.92 Å². The molecule has 5 nitrogen and oxygen atoms in total. The van der Waals surface area contributed by atoms with Gasteiger partial charge in [-0.25, -0.2) is 0 Å². The minimum atomic E-state index is -0.617. The van der Waals surface area contributed by atoms with E-state index in [2.05, 4.69) is 36.4 Å². The second-order valence-corrected chi connectivity index (χ2v) is 8.54. The molecular formula is C23H31N3O2. The first-order chi connectivity index (χ1) is 13.1. The number of carbonyl (C=O) groups is 2. The Morgan fingerprint density at radius 2 is 1.61 bits per heavy atom. The summed E-state index contributed by atoms with van der Waals surface area (Å²) in [7, 11) is 0. The first kappa shape index (κ1) is 21.6. The predicted molar refractivity (Wildman–Crippen MR) is 112 cm³/mol. The lowest BCUT2D eigenvalue weighted by Gasteiger charge is -2.24. The number of amides is 2. The molecule has 150 valence electrons. The van der Waals surface area contributed by atoms with Crippen LogP contribution in [-0.4, -0.2) is 22.8 Å². The number of carbonyl (C=O) groups excluding carboxylic acids is 2. The van der Waals surface area contributed by atoms with Crippen LogP contribution in [0.4, 0.5) is 0 Å². The van der Waals surface area contributed by atoms with Gasteiger partial charge in [-0.15, -0.1) is 0 Å². The molecule has 0 fully saturated rings. The summed E-state index contributed by atoms with van der Waals surface area (Å²) in [5, 5.41) is 5.85. The zero-order valence-electron chi connectivity index (χ0n) is 17.6. The summed E-state index contributed by atoms with van der Waals surface area (Å²) in [5.74, 6) is -0.492. The molecule has 0 aliphatic heterocycles. The lowest BCUT2D eigenvalue weighted by Crippen LogP contribution is -2.50. The minimum absolute atomic E-state index is 0.0256. The van der Waals surface area contributed by atoms with E-state index < -0.39 is 6.04 Å². The van der Waals surface area contributed by atoms with E-state index in [0.29, 0.717) is 5.56 Å². The summed E-state index contributed by atoms with van der Waals surface area (Å²) in [6.07, 6.45) is 3.42. The van der Waals surface area contributed by atoms with Crippen LogP contribution in [0.1, 0.15) is 69.1 Å². The Morgan fingerprint density at radius 3 is 2.11 bits per heavy atom. The van der Waals surface area contributed by atoms with Crippen molar-refractivity contribution in [3.05, 3.63) is 65.5 Å². The monoisotopic (exact) mass is 381 g/mol. The van der Waals surface area contributed by atoms with Gasteiger partial charge in [0.25, 0.3) is 5.91 Å². The molecule has 1 aromatic heterocycles. The summed E-state index contributed by atoms with van der Waals surface area (Å²) in [5.41, 5.74) is 2.65. The van der Waals surface area contributed by atoms with Crippen LogP contribution in [0.2, 0.25) is 0 Å². The fourth-order valence-corrected chi connectivity index (χ4v) is 2.90. The Kier molecular flexibility index (Phi) is 6.95. The van der Waals surface area contributed by atoms with E-state index in [-0.39, 0.29) is 29.2 Å². The third-order valence-corrected chi connectivity index (χ3v) is 4.79. The van der Waals surface area contributed by atoms with Gasteiger partial charge in [0.05, 0.1) is 6.04 Å². The van der Waals surface area contributed by atoms with Crippen molar-refractivity contribution in [2.45, 2.75) is 59.0 Å². The molecule has 5 heteroatoms. The number of rotatable bonds is 6. The number of hydrogen-bond acceptors (Lipinski definition) is 3. The van der Waals surface area contributed by atoms with Crippen molar-refractivity contribution < 1.29 is 9.59 Å². The molecule has 0 aliphatic rings. The molecule has 0 bridgehead atoms. The van der Waals surface area contributed by atoms with Crippen molar-refractivity contribution in [3.8, 4) is 0 Å². The van der Waals surface area contributed by atoms with Gasteiger partial charge in [0.1, 0.15) is 6.04 Å². The quantitative estimate of drug-likeness (QED) is 0.794. The van der Waals surface area contributed by atoms with E-state index in [1.165, 1.54) is 0 Å². The summed E-state index contributed by atoms with van der Waals surface area (Å²) in [6.45, 7) is 12.1. The Balaban J connectivity index is 2.07. The van der Waals surface area contributed by atoms with Gasteiger partial charge in [0.2, 0.25) is 5.91 Å². The second-order valence-electron chi connectivity index (χ2n) is 8.54. The molecule has 2 atom stereocenters. The maximum absolute atomic E-state index is 12.8. The molecule has 2 aromatic rings. The van der Waals surface area contributed by atoms with Crippen molar-refractivity contribution >= 4 is 11.8 Å². The third kappa shape index (κ3) is 5.65. The summed E-state index contributed by atoms with van der Waals surface area (Å²) < 4.78 is 0. The summed E-state index contributed by atoms with van der Waals surface area (Å²) in [6, 6.07) is 10.5. The fourth-order valence-electron chi connectivity index (χ4n) is 2.90. The largest absolute Gasteiger partial charge is 0.348 e. The van der Waals surface area contributed by atoms with E-state index in [1.54, 1.807) is 12.4 Å². The van der Waals surface area contributed by atoms with Gasteiger partial charge >= 0.3 is 0 Å². The van der Waals surface area contributed by atoms with Gasteiger partial charge in [-0.2, -0.15) is 0 Å². The van der Waals surface area contributed by atoms with Gasteiger partial charge in [-0.1, -0.05) is 52.8 Å². The van der Waals surface area contributed by atoms with Gasteiger partial charge in [-0.3, -0.25) is 14.6 Å². The van der Waals surface area contributed by atoms with Crippen molar-refractivity contribution in [2.75, 3.05) is 0 Å². The fraction of sp³-hybridized carbons (Fsp3) is 0.435. The molecular weight excluding hydrogens is 350 g/mol. The first-order valence-electron chi connectivity index (χ1n) is 9.71. The Morgan fingerprint density at radius 1 is 0.964 bits per heavy atom. The van der Waals surface area contributed by atoms with Crippen molar-refractivity contribution in [1.29, 1.82) is 0 Å². The molecule has 2 unspecified atom stereocenters. The number of nitrogens with zero attached hydrogens (tertiary/aromatic N) is 1. The molecule has 2 N–H and O–H groups in total. The highest BCUT2D eigenvalue weighted by Crippen LogP contribution is 2.22. The molecule has 1 heterocycles. The minimum Gasteiger partial charge on any atom is -0.348 e. The van der Waals surface area contributed by atoms with Crippen LogP contribution in [0, 0.1) is 5.92 Å². The van der Waals surface area contributed by atoms with Gasteiger partial charge in [0.15, 0.2) is 0 Å². The second kappa shape index (κ2) is 9.00. The zero-order chi connectivity index (χ0) is 20.9. The van der Waals surface area contributed by atoms with E-state index in [1.807, 2.05) is 57.2 Å². The lowest BCUT2D eigenvalue weighted by atomic mass is 9.86. The normalized spacial score (nSPS) is 13.7. The number of nitrogens with one attached hydrogen (secondary N) is 2. The maximum atomic E-state index is 12.8. The van der Waals surface area contributed by atoms with Gasteiger partial charge in [-0.05, 0) is 47.6 Å². The molecule has 0 aliphatic carbocycles. The molecule has 0 saturated heterocycles. The van der Waals surface area contributed by atoms with Gasteiger partial charge in [0, 0.05) is 18.0 Å². The first-order valence-corrected chi connectivity index (χ1v) is 9.71. The topological polar surface area (TPSA) is 71.1 Å². The number of pyridine rings is 1. The molecule has 0 saturated carbocycles. The van der Waals surface area contributed by atoms with E-state index in [9.17, 15) is 9.59 Å². The molecule has 2 rings (SSSR count). The predicted octanol–water partition coefficient (Wildman–Crippen LogP) is 4.01. The SMILES string of the molecule is CC(NC(=O)C(NC(=O)c1ccc(C(C)(C)C)cc1)C(C)C)c1cccnc1. The highest BCUT2D eigenvalue weighted by atomic mass is 16.2. The van der Waals surface area contributed by atoms with Crippen LogP contribution in [0.3, 0.4) is 0 Å². The Hall–Kier alpha value is -2.69. The molecule has 28 heavy (non-hydrogen) atoms. The lowest BCUT2D eigenvalue weighted by molar-refractivity contribution is -0.124. The Bertz CT molecular complexity index is 793. The van der Waals surface area contributed by atoms with Crippen molar-refractivity contribution in [3.63, 3.8) is 0 Å². The standard InChI is InChI=1S/C23H31N3O2/c1-15(2)20(22(28)25-16(3)18-8-7-13-24-14-18)26-21(27)17-9-11-19(12-10-17)23(4,5)6/h7-16,20H,1-6H3,(H,25,28)(H,26,27). The van der Waals surface area contributed by atoms with Crippen molar-refractivity contribution in [1.82, 2.24) is 15.6 Å². The summed E-state index contributed by atoms with van der Waals surface area (Å²) >= 11 is 0. The van der Waals surface area contributed by atoms with E-state index in [4.69, 9.17) is 0 Å². The van der Waals surface area contributed by atoms with Crippen LogP contribution < -0.4 is 10.6 Å². The smallest absolute Gasteiger partial charge is 0.251 e. The van der Waals surface area contributed by atoms with E-state index >= 15 is 0 Å². The highest BCUT2D eigenvalue weighted by Gasteiger charge is 2.26. The van der Waals surface area contributed by atoms with Crippen LogP contribution in [-0.2, 0) is 10.2 Å². The van der Waals surface area contributed by atoms with Gasteiger partial charge < -0.3 is 10.6 Å². The third-order valence-electron chi connectivity index (χ3n) is 4.79. The average Bonchev–Trinajstić information content (AvgIpc) is 2.65. The molecule has 1 aromatic carbocycles. The molecule has 0 spiro atoms. The van der Waals surface area contributed by atoms with Crippen LogP contribution in [0.15, 0.2) is 48.8 Å². The zero-order valence-corrected chi connectivity index (χ0v) is 17.6. The maximum Gasteiger partial charge on any atom is 0.251 e. The number of benzene rings is 1. The van der Waals surface area contributed by atoms with E-state index in [0.717, 1.165) is 11.1 Å². The number of hydrogen-bond donors (Lipinski definition) is 2. The average molecular weight is 382 g/mol. The molecule has 2 amide bonds. The highest BCUT2D eigenvalue weighted by molar-refractivity contribution is 5.97. The Labute approximate surface area is 168 Å². The van der Waals surface area contributed by atoms with Crippen LogP contribution >= 0.6 is 0 Å². The van der Waals surface area contributed by atoms with Crippen LogP contribution in [0.25, 0.3) is 0 Å². The van der Waals surface area contributed by atoms with Crippen LogP contribution in [0.5, 0.6) is 0 Å². The summed E-state index contributed by atoms with van der Waals surface area (Å²) in [4.78, 5) is 29.5. The number of aromatic nitrogens is 1.